The summed E-state index contributed by atoms with van der Waals surface area (Å²) in [4.78, 5) is 14.4. The fourth-order valence-electron chi connectivity index (χ4n) is 2.42. The predicted octanol–water partition coefficient (Wildman–Crippen LogP) is 4.63. The van der Waals surface area contributed by atoms with Crippen LogP contribution in [-0.4, -0.2) is 11.1 Å². The number of nitrogens with zero attached hydrogens (tertiary/aromatic N) is 1. The average Bonchev–Trinajstić information content (AvgIpc) is 2.63. The van der Waals surface area contributed by atoms with Crippen LogP contribution in [0.5, 0.6) is 5.75 Å². The molecule has 0 aromatic heterocycles. The number of phenolic OH excluding ortho intramolecular Hbond substituents is 1. The quantitative estimate of drug-likeness (QED) is 0.689. The molecular weight excluding hydrogens is 300 g/mol. The molecule has 0 atom stereocenters. The molecule has 0 spiro atoms. The summed E-state index contributed by atoms with van der Waals surface area (Å²) in [6.07, 6.45) is 0. The zero-order chi connectivity index (χ0) is 16.8. The molecule has 0 aliphatic heterocycles. The molecule has 0 fully saturated rings. The monoisotopic (exact) mass is 318 g/mol. The Hall–Kier alpha value is -3.27. The van der Waals surface area contributed by atoms with Crippen LogP contribution in [0.25, 0.3) is 0 Å². The van der Waals surface area contributed by atoms with Crippen LogP contribution in [0.3, 0.4) is 0 Å². The van der Waals surface area contributed by atoms with Gasteiger partial charge in [-0.3, -0.25) is 4.90 Å². The van der Waals surface area contributed by atoms with Crippen molar-refractivity contribution in [1.29, 1.82) is 0 Å². The molecule has 0 radical (unpaired) electrons. The van der Waals surface area contributed by atoms with Crippen molar-refractivity contribution in [3.63, 3.8) is 0 Å². The Morgan fingerprint density at radius 2 is 1.42 bits per heavy atom. The summed E-state index contributed by atoms with van der Waals surface area (Å²) < 4.78 is 0. The van der Waals surface area contributed by atoms with Gasteiger partial charge in [-0.25, -0.2) is 4.79 Å². The molecule has 3 aromatic rings. The Morgan fingerprint density at radius 1 is 0.833 bits per heavy atom. The van der Waals surface area contributed by atoms with Crippen LogP contribution in [0.1, 0.15) is 5.56 Å². The van der Waals surface area contributed by atoms with Crippen LogP contribution in [0.15, 0.2) is 84.9 Å². The molecule has 0 heterocycles. The summed E-state index contributed by atoms with van der Waals surface area (Å²) in [5.74, 6) is 0.0403. The van der Waals surface area contributed by atoms with Gasteiger partial charge in [-0.05, 0) is 29.8 Å². The largest absolute Gasteiger partial charge is 0.506 e. The lowest BCUT2D eigenvalue weighted by Gasteiger charge is -2.23. The number of urea groups is 1. The number of amides is 2. The number of benzene rings is 3. The number of carbonyl (C=O) groups is 1. The van der Waals surface area contributed by atoms with E-state index in [-0.39, 0.29) is 11.8 Å². The van der Waals surface area contributed by atoms with Crippen LogP contribution in [0.4, 0.5) is 16.2 Å². The van der Waals surface area contributed by atoms with Crippen molar-refractivity contribution in [2.45, 2.75) is 6.54 Å². The molecule has 2 N–H and O–H groups in total. The zero-order valence-electron chi connectivity index (χ0n) is 13.1. The van der Waals surface area contributed by atoms with Crippen molar-refractivity contribution in [2.24, 2.45) is 0 Å². The van der Waals surface area contributed by atoms with Crippen molar-refractivity contribution < 1.29 is 9.90 Å². The van der Waals surface area contributed by atoms with Gasteiger partial charge in [-0.2, -0.15) is 0 Å². The molecule has 0 aliphatic carbocycles. The normalized spacial score (nSPS) is 10.2. The van der Waals surface area contributed by atoms with E-state index < -0.39 is 0 Å². The van der Waals surface area contributed by atoms with Gasteiger partial charge < -0.3 is 10.4 Å². The third-order valence-electron chi connectivity index (χ3n) is 3.64. The molecule has 2 amide bonds. The van der Waals surface area contributed by atoms with E-state index in [0.29, 0.717) is 12.2 Å². The molecule has 4 nitrogen and oxygen atoms in total. The zero-order valence-corrected chi connectivity index (χ0v) is 13.1. The number of rotatable bonds is 4. The molecule has 24 heavy (non-hydrogen) atoms. The van der Waals surface area contributed by atoms with Crippen molar-refractivity contribution in [2.75, 3.05) is 10.2 Å². The Balaban J connectivity index is 1.87. The second-order valence-corrected chi connectivity index (χ2v) is 5.35. The molecule has 0 bridgehead atoms. The summed E-state index contributed by atoms with van der Waals surface area (Å²) >= 11 is 0. The summed E-state index contributed by atoms with van der Waals surface area (Å²) in [6.45, 7) is 0.435. The van der Waals surface area contributed by atoms with Crippen molar-refractivity contribution in [1.82, 2.24) is 0 Å². The van der Waals surface area contributed by atoms with E-state index in [1.807, 2.05) is 60.7 Å². The van der Waals surface area contributed by atoms with Crippen molar-refractivity contribution >= 4 is 17.4 Å². The SMILES string of the molecule is O=C(Nc1ccccc1O)N(Cc1ccccc1)c1ccccc1. The first-order valence-corrected chi connectivity index (χ1v) is 7.69. The number of hydrogen-bond donors (Lipinski definition) is 2. The standard InChI is InChI=1S/C20H18N2O2/c23-19-14-8-7-13-18(19)21-20(24)22(17-11-5-2-6-12-17)15-16-9-3-1-4-10-16/h1-14,23H,15H2,(H,21,24). The van der Waals surface area contributed by atoms with Crippen LogP contribution < -0.4 is 10.2 Å². The third-order valence-corrected chi connectivity index (χ3v) is 3.64. The maximum atomic E-state index is 12.8. The summed E-state index contributed by atoms with van der Waals surface area (Å²) in [5.41, 5.74) is 2.19. The van der Waals surface area contributed by atoms with E-state index in [0.717, 1.165) is 11.3 Å². The third kappa shape index (κ3) is 3.73. The molecule has 3 rings (SSSR count). The van der Waals surface area contributed by atoms with Crippen molar-refractivity contribution in [3.8, 4) is 5.75 Å². The van der Waals surface area contributed by atoms with Gasteiger partial charge in [0.2, 0.25) is 0 Å². The second kappa shape index (κ2) is 7.33. The first kappa shape index (κ1) is 15.6. The number of anilines is 2. The Kier molecular flexibility index (Phi) is 4.77. The Morgan fingerprint density at radius 3 is 2.08 bits per heavy atom. The predicted molar refractivity (Wildman–Crippen MR) is 96.2 cm³/mol. The number of hydrogen-bond acceptors (Lipinski definition) is 2. The molecule has 0 saturated heterocycles. The molecular formula is C20H18N2O2. The minimum absolute atomic E-state index is 0.0403. The minimum atomic E-state index is -0.299. The van der Waals surface area contributed by atoms with Gasteiger partial charge in [-0.1, -0.05) is 60.7 Å². The molecule has 0 unspecified atom stereocenters. The lowest BCUT2D eigenvalue weighted by Crippen LogP contribution is -2.34. The Bertz CT molecular complexity index is 804. The lowest BCUT2D eigenvalue weighted by atomic mass is 10.2. The number of aromatic hydroxyl groups is 1. The van der Waals surface area contributed by atoms with Gasteiger partial charge in [0.1, 0.15) is 5.75 Å². The maximum absolute atomic E-state index is 12.8. The molecule has 3 aromatic carbocycles. The number of nitrogens with one attached hydrogen (secondary N) is 1. The van der Waals surface area contributed by atoms with E-state index in [9.17, 15) is 9.90 Å². The Labute approximate surface area is 141 Å². The van der Waals surface area contributed by atoms with E-state index in [1.54, 1.807) is 29.2 Å². The molecule has 4 heteroatoms. The van der Waals surface area contributed by atoms with Gasteiger partial charge in [-0.15, -0.1) is 0 Å². The average molecular weight is 318 g/mol. The van der Waals surface area contributed by atoms with E-state index in [1.165, 1.54) is 0 Å². The highest BCUT2D eigenvalue weighted by molar-refractivity contribution is 6.02. The summed E-state index contributed by atoms with van der Waals surface area (Å²) in [6, 6.07) is 25.6. The van der Waals surface area contributed by atoms with Crippen LogP contribution in [0, 0.1) is 0 Å². The second-order valence-electron chi connectivity index (χ2n) is 5.35. The van der Waals surface area contributed by atoms with Gasteiger partial charge in [0.05, 0.1) is 12.2 Å². The highest BCUT2D eigenvalue weighted by atomic mass is 16.3. The number of phenols is 1. The van der Waals surface area contributed by atoms with E-state index in [2.05, 4.69) is 5.32 Å². The molecule has 120 valence electrons. The first-order chi connectivity index (χ1) is 11.7. The summed E-state index contributed by atoms with van der Waals surface area (Å²) in [5, 5.41) is 12.6. The van der Waals surface area contributed by atoms with Gasteiger partial charge in [0, 0.05) is 5.69 Å². The lowest BCUT2D eigenvalue weighted by molar-refractivity contribution is 0.256. The number of para-hydroxylation sites is 3. The topological polar surface area (TPSA) is 52.6 Å². The van der Waals surface area contributed by atoms with Gasteiger partial charge in [0.15, 0.2) is 0 Å². The first-order valence-electron chi connectivity index (χ1n) is 7.69. The smallest absolute Gasteiger partial charge is 0.326 e. The fourth-order valence-corrected chi connectivity index (χ4v) is 2.42. The molecule has 0 saturated carbocycles. The van der Waals surface area contributed by atoms with Crippen LogP contribution in [0.2, 0.25) is 0 Å². The highest BCUT2D eigenvalue weighted by Crippen LogP contribution is 2.24. The van der Waals surface area contributed by atoms with Gasteiger partial charge in [0.25, 0.3) is 0 Å². The number of carbonyl (C=O) groups excluding carboxylic acids is 1. The fraction of sp³-hybridized carbons (Fsp3) is 0.0500. The molecule has 0 aliphatic rings. The van der Waals surface area contributed by atoms with E-state index >= 15 is 0 Å². The van der Waals surface area contributed by atoms with Crippen LogP contribution in [-0.2, 0) is 6.54 Å². The highest BCUT2D eigenvalue weighted by Gasteiger charge is 2.17. The summed E-state index contributed by atoms with van der Waals surface area (Å²) in [7, 11) is 0. The van der Waals surface area contributed by atoms with Crippen molar-refractivity contribution in [3.05, 3.63) is 90.5 Å². The maximum Gasteiger partial charge on any atom is 0.326 e. The minimum Gasteiger partial charge on any atom is -0.506 e. The van der Waals surface area contributed by atoms with E-state index in [4.69, 9.17) is 0 Å². The van der Waals surface area contributed by atoms with Gasteiger partial charge >= 0.3 is 6.03 Å². The van der Waals surface area contributed by atoms with Crippen LogP contribution >= 0.6 is 0 Å².